The van der Waals surface area contributed by atoms with Crippen LogP contribution >= 0.6 is 12.2 Å². The molecule has 0 bridgehead atoms. The van der Waals surface area contributed by atoms with E-state index in [1.54, 1.807) is 12.1 Å². The fraction of sp³-hybridized carbons (Fsp3) is 0.182. The maximum atomic E-state index is 12.7. The van der Waals surface area contributed by atoms with E-state index in [2.05, 4.69) is 15.4 Å². The minimum absolute atomic E-state index is 0.0188. The molecule has 0 fully saturated rings. The number of furan rings is 1. The van der Waals surface area contributed by atoms with Crippen molar-refractivity contribution in [1.29, 1.82) is 0 Å². The third-order valence-corrected chi connectivity index (χ3v) is 6.21. The van der Waals surface area contributed by atoms with Crippen LogP contribution in [0.15, 0.2) is 64.1 Å². The van der Waals surface area contributed by atoms with Crippen molar-refractivity contribution >= 4 is 38.9 Å². The molecule has 0 spiro atoms. The summed E-state index contributed by atoms with van der Waals surface area (Å²) in [6.07, 6.45) is 1.47. The average molecular weight is 506 g/mol. The molecule has 3 N–H and O–H groups in total. The van der Waals surface area contributed by atoms with Gasteiger partial charge in [0.2, 0.25) is 15.8 Å². The first-order valence-corrected chi connectivity index (χ1v) is 11.7. The lowest BCUT2D eigenvalue weighted by molar-refractivity contribution is 0.0977. The Labute approximate surface area is 202 Å². The molecule has 34 heavy (non-hydrogen) atoms. The van der Waals surface area contributed by atoms with Gasteiger partial charge in [0.25, 0.3) is 5.91 Å². The van der Waals surface area contributed by atoms with Gasteiger partial charge >= 0.3 is 0 Å². The lowest BCUT2D eigenvalue weighted by Crippen LogP contribution is -2.34. The predicted octanol–water partition coefficient (Wildman–Crippen LogP) is 2.91. The van der Waals surface area contributed by atoms with Gasteiger partial charge in [-0.1, -0.05) is 0 Å². The highest BCUT2D eigenvalue weighted by molar-refractivity contribution is 7.89. The van der Waals surface area contributed by atoms with Crippen molar-refractivity contribution in [2.75, 3.05) is 26.6 Å². The first kappa shape index (κ1) is 25.0. The maximum absolute atomic E-state index is 12.7. The summed E-state index contributed by atoms with van der Waals surface area (Å²) in [5.41, 5.74) is 0.725. The zero-order chi connectivity index (χ0) is 24.7. The number of benzene rings is 2. The van der Waals surface area contributed by atoms with Gasteiger partial charge in [-0.2, -0.15) is 0 Å². The Bertz CT molecular complexity index is 1230. The zero-order valence-electron chi connectivity index (χ0n) is 18.6. The van der Waals surface area contributed by atoms with Crippen molar-refractivity contribution in [2.24, 2.45) is 0 Å². The topological polar surface area (TPSA) is 128 Å². The van der Waals surface area contributed by atoms with Crippen LogP contribution in [-0.2, 0) is 16.6 Å². The van der Waals surface area contributed by atoms with Gasteiger partial charge in [-0.15, -0.1) is 0 Å². The molecule has 0 aliphatic heterocycles. The molecule has 0 aliphatic carbocycles. The second-order valence-corrected chi connectivity index (χ2v) is 8.93. The molecule has 0 saturated heterocycles. The number of rotatable bonds is 9. The molecular formula is C22H23N3O7S2. The second-order valence-electron chi connectivity index (χ2n) is 6.75. The molecule has 3 rings (SSSR count). The fourth-order valence-electron chi connectivity index (χ4n) is 2.93. The number of carbonyl (C=O) groups excluding carboxylic acids is 1. The molecule has 10 nitrogen and oxygen atoms in total. The quantitative estimate of drug-likeness (QED) is 0.376. The van der Waals surface area contributed by atoms with Crippen LogP contribution in [0.4, 0.5) is 5.69 Å². The number of thiocarbonyl (C=S) groups is 1. The monoisotopic (exact) mass is 505 g/mol. The molecule has 12 heteroatoms. The van der Waals surface area contributed by atoms with E-state index in [0.29, 0.717) is 28.7 Å². The molecule has 180 valence electrons. The van der Waals surface area contributed by atoms with Crippen LogP contribution in [0.1, 0.15) is 16.1 Å². The lowest BCUT2D eigenvalue weighted by atomic mass is 10.1. The minimum Gasteiger partial charge on any atom is -0.493 e. The predicted molar refractivity (Wildman–Crippen MR) is 129 cm³/mol. The van der Waals surface area contributed by atoms with E-state index in [0.717, 1.165) is 0 Å². The molecule has 0 atom stereocenters. The first-order valence-electron chi connectivity index (χ1n) is 9.82. The van der Waals surface area contributed by atoms with Crippen molar-refractivity contribution in [3.63, 3.8) is 0 Å². The molecule has 1 amide bonds. The molecule has 0 radical (unpaired) electrons. The van der Waals surface area contributed by atoms with E-state index < -0.39 is 15.9 Å². The van der Waals surface area contributed by atoms with Crippen molar-refractivity contribution in [2.45, 2.75) is 11.4 Å². The number of hydrogen-bond acceptors (Lipinski definition) is 8. The van der Waals surface area contributed by atoms with Gasteiger partial charge in [-0.3, -0.25) is 10.1 Å². The van der Waals surface area contributed by atoms with E-state index in [-0.39, 0.29) is 22.1 Å². The van der Waals surface area contributed by atoms with Crippen molar-refractivity contribution in [3.05, 3.63) is 66.1 Å². The van der Waals surface area contributed by atoms with Crippen LogP contribution < -0.4 is 29.6 Å². The normalized spacial score (nSPS) is 10.9. The number of hydrogen-bond donors (Lipinski definition) is 3. The Hall–Kier alpha value is -3.61. The molecule has 1 heterocycles. The molecule has 0 aliphatic rings. The SMILES string of the molecule is COc1cc(C(=O)NC(=S)Nc2ccc(S(=O)(=O)NCc3ccco3)cc2)cc(OC)c1OC. The van der Waals surface area contributed by atoms with Crippen molar-refractivity contribution < 1.29 is 31.8 Å². The third kappa shape index (κ3) is 6.04. The van der Waals surface area contributed by atoms with E-state index >= 15 is 0 Å². The maximum Gasteiger partial charge on any atom is 0.257 e. The van der Waals surface area contributed by atoms with Gasteiger partial charge in [0.1, 0.15) is 5.76 Å². The number of amides is 1. The van der Waals surface area contributed by atoms with Crippen LogP contribution in [0, 0.1) is 0 Å². The number of sulfonamides is 1. The van der Waals surface area contributed by atoms with E-state index in [9.17, 15) is 13.2 Å². The number of nitrogens with one attached hydrogen (secondary N) is 3. The summed E-state index contributed by atoms with van der Waals surface area (Å²) in [6.45, 7) is 0.0341. The van der Waals surface area contributed by atoms with Crippen LogP contribution in [0.2, 0.25) is 0 Å². The number of methoxy groups -OCH3 is 3. The zero-order valence-corrected chi connectivity index (χ0v) is 20.2. The second kappa shape index (κ2) is 11.0. The number of anilines is 1. The Morgan fingerprint density at radius 1 is 1.00 bits per heavy atom. The summed E-state index contributed by atoms with van der Waals surface area (Å²) in [5.74, 6) is 0.996. The number of carbonyl (C=O) groups is 1. The van der Waals surface area contributed by atoms with E-state index in [4.69, 9.17) is 30.8 Å². The number of ether oxygens (including phenoxy) is 3. The summed E-state index contributed by atoms with van der Waals surface area (Å²) in [5, 5.41) is 5.41. The van der Waals surface area contributed by atoms with Crippen LogP contribution in [0.5, 0.6) is 17.2 Å². The van der Waals surface area contributed by atoms with Gasteiger partial charge in [0, 0.05) is 11.3 Å². The van der Waals surface area contributed by atoms with Crippen molar-refractivity contribution in [1.82, 2.24) is 10.0 Å². The Balaban J connectivity index is 1.63. The summed E-state index contributed by atoms with van der Waals surface area (Å²) >= 11 is 5.21. The summed E-state index contributed by atoms with van der Waals surface area (Å²) in [7, 11) is 0.625. The largest absolute Gasteiger partial charge is 0.493 e. The van der Waals surface area contributed by atoms with Gasteiger partial charge in [-0.05, 0) is 60.7 Å². The lowest BCUT2D eigenvalue weighted by Gasteiger charge is -2.15. The van der Waals surface area contributed by atoms with Gasteiger partial charge in [0.15, 0.2) is 16.6 Å². The van der Waals surface area contributed by atoms with Crippen molar-refractivity contribution in [3.8, 4) is 17.2 Å². The minimum atomic E-state index is -3.73. The highest BCUT2D eigenvalue weighted by Gasteiger charge is 2.18. The summed E-state index contributed by atoms with van der Waals surface area (Å²) in [6, 6.07) is 12.2. The molecule has 2 aromatic carbocycles. The van der Waals surface area contributed by atoms with Crippen LogP contribution in [0.3, 0.4) is 0 Å². The Morgan fingerprint density at radius 3 is 2.18 bits per heavy atom. The standard InChI is InChI=1S/C22H23N3O7S2/c1-29-18-11-14(12-19(30-2)20(18)31-3)21(26)25-22(33)24-15-6-8-17(9-7-15)34(27,28)23-13-16-5-4-10-32-16/h4-12,23H,13H2,1-3H3,(H2,24,25,26,33). The summed E-state index contributed by atoms with van der Waals surface area (Å²) < 4.78 is 48.2. The highest BCUT2D eigenvalue weighted by Crippen LogP contribution is 2.38. The van der Waals surface area contributed by atoms with Crippen LogP contribution in [0.25, 0.3) is 0 Å². The highest BCUT2D eigenvalue weighted by atomic mass is 32.2. The Morgan fingerprint density at radius 2 is 1.65 bits per heavy atom. The van der Waals surface area contributed by atoms with Gasteiger partial charge < -0.3 is 23.9 Å². The molecular weight excluding hydrogens is 482 g/mol. The fourth-order valence-corrected chi connectivity index (χ4v) is 4.13. The smallest absolute Gasteiger partial charge is 0.257 e. The van der Waals surface area contributed by atoms with E-state index in [1.807, 2.05) is 0 Å². The first-order chi connectivity index (χ1) is 16.3. The average Bonchev–Trinajstić information content (AvgIpc) is 3.36. The molecule has 0 saturated carbocycles. The van der Waals surface area contributed by atoms with Gasteiger partial charge in [-0.25, -0.2) is 13.1 Å². The Kier molecular flexibility index (Phi) is 8.10. The van der Waals surface area contributed by atoms with Gasteiger partial charge in [0.05, 0.1) is 39.0 Å². The summed E-state index contributed by atoms with van der Waals surface area (Å²) in [4.78, 5) is 12.7. The molecule has 0 unspecified atom stereocenters. The third-order valence-electron chi connectivity index (χ3n) is 4.59. The van der Waals surface area contributed by atoms with E-state index in [1.165, 1.54) is 64.0 Å². The van der Waals surface area contributed by atoms with Crippen LogP contribution in [-0.4, -0.2) is 40.8 Å². The molecule has 1 aromatic heterocycles. The molecule has 3 aromatic rings.